The highest BCUT2D eigenvalue weighted by Gasteiger charge is 2.24. The number of amides is 1. The predicted molar refractivity (Wildman–Crippen MR) is 59.0 cm³/mol. The molecule has 0 aliphatic carbocycles. The summed E-state index contributed by atoms with van der Waals surface area (Å²) in [7, 11) is 0. The first kappa shape index (κ1) is 11.4. The molecule has 2 rings (SSSR count). The summed E-state index contributed by atoms with van der Waals surface area (Å²) in [6, 6.07) is 4.12. The number of hydrogen-bond acceptors (Lipinski definition) is 2. The number of benzene rings is 1. The molecular formula is C11H11ClFNO2. The van der Waals surface area contributed by atoms with Gasteiger partial charge in [-0.05, 0) is 31.0 Å². The normalized spacial score (nSPS) is 19.8. The van der Waals surface area contributed by atoms with Crippen LogP contribution in [0.15, 0.2) is 18.2 Å². The molecule has 1 aromatic rings. The van der Waals surface area contributed by atoms with E-state index in [9.17, 15) is 9.18 Å². The van der Waals surface area contributed by atoms with Gasteiger partial charge in [0.2, 0.25) is 0 Å². The van der Waals surface area contributed by atoms with Crippen molar-refractivity contribution in [3.8, 4) is 0 Å². The van der Waals surface area contributed by atoms with Crippen molar-refractivity contribution >= 4 is 23.2 Å². The van der Waals surface area contributed by atoms with E-state index < -0.39 is 11.9 Å². The van der Waals surface area contributed by atoms with E-state index in [1.807, 2.05) is 0 Å². The smallest absolute Gasteiger partial charge is 0.253 e. The molecule has 1 N–H and O–H groups in total. The zero-order valence-electron chi connectivity index (χ0n) is 8.50. The highest BCUT2D eigenvalue weighted by molar-refractivity contribution is 6.30. The fraction of sp³-hybridized carbons (Fsp3) is 0.364. The summed E-state index contributed by atoms with van der Waals surface area (Å²) in [5, 5.41) is 2.78. The molecule has 3 nitrogen and oxygen atoms in total. The summed E-state index contributed by atoms with van der Waals surface area (Å²) in [5.41, 5.74) is 0.130. The summed E-state index contributed by atoms with van der Waals surface area (Å²) >= 11 is 5.60. The van der Waals surface area contributed by atoms with Crippen LogP contribution < -0.4 is 5.32 Å². The third-order valence-electron chi connectivity index (χ3n) is 2.41. The first-order valence-corrected chi connectivity index (χ1v) is 5.42. The Morgan fingerprint density at radius 3 is 3.00 bits per heavy atom. The number of carbonyl (C=O) groups excluding carboxylic acids is 1. The van der Waals surface area contributed by atoms with Crippen molar-refractivity contribution in [2.24, 2.45) is 0 Å². The molecule has 0 spiro atoms. The molecule has 0 bridgehead atoms. The Kier molecular flexibility index (Phi) is 3.41. The van der Waals surface area contributed by atoms with E-state index in [-0.39, 0.29) is 11.6 Å². The molecule has 0 aromatic heterocycles. The molecule has 1 heterocycles. The van der Waals surface area contributed by atoms with E-state index in [0.717, 1.165) is 12.5 Å². The summed E-state index contributed by atoms with van der Waals surface area (Å²) in [4.78, 5) is 11.6. The van der Waals surface area contributed by atoms with Gasteiger partial charge < -0.3 is 10.1 Å². The zero-order valence-corrected chi connectivity index (χ0v) is 9.26. The van der Waals surface area contributed by atoms with Gasteiger partial charge in [-0.25, -0.2) is 4.39 Å². The van der Waals surface area contributed by atoms with Gasteiger partial charge >= 0.3 is 0 Å². The van der Waals surface area contributed by atoms with Crippen molar-refractivity contribution in [3.63, 3.8) is 0 Å². The SMILES string of the molecule is O=C(Nc1ccc(Cl)cc1F)[C@H]1CCCO1. The van der Waals surface area contributed by atoms with Crippen molar-refractivity contribution in [1.29, 1.82) is 0 Å². The van der Waals surface area contributed by atoms with E-state index in [2.05, 4.69) is 5.32 Å². The number of nitrogens with one attached hydrogen (secondary N) is 1. The van der Waals surface area contributed by atoms with Crippen molar-refractivity contribution < 1.29 is 13.9 Å². The number of rotatable bonds is 2. The molecule has 0 radical (unpaired) electrons. The molecule has 0 saturated carbocycles. The van der Waals surface area contributed by atoms with Crippen LogP contribution in [-0.2, 0) is 9.53 Å². The van der Waals surface area contributed by atoms with Gasteiger partial charge in [0, 0.05) is 11.6 Å². The van der Waals surface area contributed by atoms with Crippen LogP contribution in [0.1, 0.15) is 12.8 Å². The minimum atomic E-state index is -0.543. The molecule has 1 aliphatic heterocycles. The van der Waals surface area contributed by atoms with Gasteiger partial charge in [-0.3, -0.25) is 4.79 Å². The predicted octanol–water partition coefficient (Wildman–Crippen LogP) is 2.60. The van der Waals surface area contributed by atoms with Gasteiger partial charge in [0.05, 0.1) is 5.69 Å². The van der Waals surface area contributed by atoms with E-state index in [1.165, 1.54) is 12.1 Å². The maximum Gasteiger partial charge on any atom is 0.253 e. The standard InChI is InChI=1S/C11H11ClFNO2/c12-7-3-4-9(8(13)6-7)14-11(15)10-2-1-5-16-10/h3-4,6,10H,1-2,5H2,(H,14,15)/t10-/m1/s1. The Hall–Kier alpha value is -1.13. The van der Waals surface area contributed by atoms with Crippen LogP contribution in [0.4, 0.5) is 10.1 Å². The monoisotopic (exact) mass is 243 g/mol. The quantitative estimate of drug-likeness (QED) is 0.867. The number of carbonyl (C=O) groups is 1. The summed E-state index contributed by atoms with van der Waals surface area (Å²) < 4.78 is 18.5. The summed E-state index contributed by atoms with van der Waals surface area (Å²) in [6.07, 6.45) is 1.08. The number of ether oxygens (including phenoxy) is 1. The van der Waals surface area contributed by atoms with Crippen LogP contribution in [0, 0.1) is 5.82 Å². The van der Waals surface area contributed by atoms with Gasteiger partial charge in [0.1, 0.15) is 11.9 Å². The second-order valence-electron chi connectivity index (χ2n) is 3.62. The molecule has 1 amide bonds. The van der Waals surface area contributed by atoms with E-state index in [4.69, 9.17) is 16.3 Å². The minimum absolute atomic E-state index is 0.130. The molecule has 1 saturated heterocycles. The second kappa shape index (κ2) is 4.80. The van der Waals surface area contributed by atoms with Gasteiger partial charge in [-0.15, -0.1) is 0 Å². The van der Waals surface area contributed by atoms with E-state index >= 15 is 0 Å². The molecular weight excluding hydrogens is 233 g/mol. The van der Waals surface area contributed by atoms with Crippen LogP contribution in [-0.4, -0.2) is 18.6 Å². The lowest BCUT2D eigenvalue weighted by Crippen LogP contribution is -2.27. The van der Waals surface area contributed by atoms with Gasteiger partial charge in [0.25, 0.3) is 5.91 Å². The van der Waals surface area contributed by atoms with Crippen molar-refractivity contribution in [3.05, 3.63) is 29.0 Å². The molecule has 1 fully saturated rings. The molecule has 86 valence electrons. The number of hydrogen-bond donors (Lipinski definition) is 1. The first-order chi connectivity index (χ1) is 7.66. The number of halogens is 2. The van der Waals surface area contributed by atoms with Crippen LogP contribution in [0.3, 0.4) is 0 Å². The Labute approximate surface area is 97.5 Å². The van der Waals surface area contributed by atoms with Crippen LogP contribution >= 0.6 is 11.6 Å². The largest absolute Gasteiger partial charge is 0.368 e. The van der Waals surface area contributed by atoms with Crippen LogP contribution in [0.5, 0.6) is 0 Å². The topological polar surface area (TPSA) is 38.3 Å². The average molecular weight is 244 g/mol. The summed E-state index contributed by atoms with van der Waals surface area (Å²) in [5.74, 6) is -0.849. The molecule has 0 unspecified atom stereocenters. The highest BCUT2D eigenvalue weighted by Crippen LogP contribution is 2.20. The van der Waals surface area contributed by atoms with E-state index in [1.54, 1.807) is 0 Å². The second-order valence-corrected chi connectivity index (χ2v) is 4.05. The van der Waals surface area contributed by atoms with Gasteiger partial charge in [0.15, 0.2) is 0 Å². The van der Waals surface area contributed by atoms with Crippen molar-refractivity contribution in [1.82, 2.24) is 0 Å². The Balaban J connectivity index is 2.05. The zero-order chi connectivity index (χ0) is 11.5. The molecule has 16 heavy (non-hydrogen) atoms. The van der Waals surface area contributed by atoms with E-state index in [0.29, 0.717) is 18.1 Å². The Bertz CT molecular complexity index is 405. The fourth-order valence-corrected chi connectivity index (χ4v) is 1.75. The maximum absolute atomic E-state index is 13.4. The molecule has 1 aliphatic rings. The average Bonchev–Trinajstić information content (AvgIpc) is 2.75. The van der Waals surface area contributed by atoms with Gasteiger partial charge in [-0.2, -0.15) is 0 Å². The lowest BCUT2D eigenvalue weighted by Gasteiger charge is -2.10. The van der Waals surface area contributed by atoms with Gasteiger partial charge in [-0.1, -0.05) is 11.6 Å². The molecule has 1 atom stereocenters. The van der Waals surface area contributed by atoms with Crippen molar-refractivity contribution in [2.45, 2.75) is 18.9 Å². The third-order valence-corrected chi connectivity index (χ3v) is 2.65. The first-order valence-electron chi connectivity index (χ1n) is 5.04. The lowest BCUT2D eigenvalue weighted by atomic mass is 10.2. The number of anilines is 1. The summed E-state index contributed by atoms with van der Waals surface area (Å²) in [6.45, 7) is 0.585. The molecule has 1 aromatic carbocycles. The van der Waals surface area contributed by atoms with Crippen LogP contribution in [0.25, 0.3) is 0 Å². The lowest BCUT2D eigenvalue weighted by molar-refractivity contribution is -0.124. The Morgan fingerprint density at radius 1 is 1.56 bits per heavy atom. The highest BCUT2D eigenvalue weighted by atomic mass is 35.5. The third kappa shape index (κ3) is 2.51. The fourth-order valence-electron chi connectivity index (χ4n) is 1.59. The Morgan fingerprint density at radius 2 is 2.38 bits per heavy atom. The minimum Gasteiger partial charge on any atom is -0.368 e. The maximum atomic E-state index is 13.4. The van der Waals surface area contributed by atoms with Crippen LogP contribution in [0.2, 0.25) is 5.02 Å². The van der Waals surface area contributed by atoms with Crippen molar-refractivity contribution in [2.75, 3.05) is 11.9 Å². The molecule has 5 heteroatoms.